The number of rotatable bonds is 2. The third-order valence-electron chi connectivity index (χ3n) is 2.48. The average Bonchev–Trinajstić information content (AvgIpc) is 2.27. The van der Waals surface area contributed by atoms with Crippen LogP contribution in [0.1, 0.15) is 19.3 Å². The van der Waals surface area contributed by atoms with Crippen LogP contribution in [0.15, 0.2) is 0 Å². The van der Waals surface area contributed by atoms with Gasteiger partial charge in [-0.2, -0.15) is 0 Å². The second kappa shape index (κ2) is 3.33. The first-order valence-corrected chi connectivity index (χ1v) is 5.29. The van der Waals surface area contributed by atoms with E-state index in [0.717, 1.165) is 23.7 Å². The Hall–Kier alpha value is 0.270. The Kier molecular flexibility index (Phi) is 2.39. The summed E-state index contributed by atoms with van der Waals surface area (Å²) in [5, 5.41) is 1.48. The molecule has 1 saturated heterocycles. The fraction of sp³-hybridized carbons (Fsp3) is 1.00. The zero-order chi connectivity index (χ0) is 7.68. The van der Waals surface area contributed by atoms with Crippen LogP contribution in [0.5, 0.6) is 0 Å². The number of hydrogen-bond acceptors (Lipinski definition) is 3. The molecule has 0 aromatic heterocycles. The van der Waals surface area contributed by atoms with E-state index in [1.165, 1.54) is 19.3 Å². The number of hydrogen-bond donors (Lipinski definition) is 1. The molecule has 2 fully saturated rings. The Morgan fingerprint density at radius 1 is 1.27 bits per heavy atom. The highest BCUT2D eigenvalue weighted by molar-refractivity contribution is 8.00. The summed E-state index contributed by atoms with van der Waals surface area (Å²) in [4.78, 5) is 0. The minimum atomic E-state index is 0.459. The average molecular weight is 173 g/mol. The molecule has 2 unspecified atom stereocenters. The zero-order valence-electron chi connectivity index (χ0n) is 6.66. The lowest BCUT2D eigenvalue weighted by atomic mass is 10.3. The molecule has 0 bridgehead atoms. The van der Waals surface area contributed by atoms with Crippen LogP contribution in [0, 0.1) is 0 Å². The van der Waals surface area contributed by atoms with Gasteiger partial charge in [0.2, 0.25) is 0 Å². The van der Waals surface area contributed by atoms with Gasteiger partial charge in [-0.25, -0.2) is 0 Å². The van der Waals surface area contributed by atoms with Crippen molar-refractivity contribution in [2.45, 2.75) is 35.8 Å². The topological polar surface area (TPSA) is 35.2 Å². The van der Waals surface area contributed by atoms with Crippen molar-refractivity contribution >= 4 is 11.8 Å². The van der Waals surface area contributed by atoms with Gasteiger partial charge < -0.3 is 10.5 Å². The minimum Gasteiger partial charge on any atom is -0.379 e. The first-order valence-electron chi connectivity index (χ1n) is 4.35. The molecule has 2 rings (SSSR count). The maximum atomic E-state index is 5.94. The van der Waals surface area contributed by atoms with E-state index in [1.54, 1.807) is 0 Å². The van der Waals surface area contributed by atoms with Crippen LogP contribution >= 0.6 is 11.8 Å². The third kappa shape index (κ3) is 1.71. The molecule has 2 N–H and O–H groups in total. The van der Waals surface area contributed by atoms with Crippen molar-refractivity contribution < 1.29 is 4.74 Å². The van der Waals surface area contributed by atoms with Crippen LogP contribution in [-0.4, -0.2) is 29.8 Å². The standard InChI is InChI=1S/C8H15NOS/c9-7-2-1-3-8(7)11-6-4-10-5-6/h6-8H,1-5,9H2. The van der Waals surface area contributed by atoms with Gasteiger partial charge in [0, 0.05) is 11.3 Å². The molecule has 2 atom stereocenters. The quantitative estimate of drug-likeness (QED) is 0.676. The lowest BCUT2D eigenvalue weighted by Crippen LogP contribution is -2.36. The molecule has 0 aromatic carbocycles. The second-order valence-electron chi connectivity index (χ2n) is 3.43. The summed E-state index contributed by atoms with van der Waals surface area (Å²) in [6.07, 6.45) is 3.87. The van der Waals surface area contributed by atoms with E-state index in [-0.39, 0.29) is 0 Å². The highest BCUT2D eigenvalue weighted by Gasteiger charge is 2.30. The normalized spacial score (nSPS) is 39.0. The highest BCUT2D eigenvalue weighted by Crippen LogP contribution is 2.33. The van der Waals surface area contributed by atoms with Crippen molar-refractivity contribution in [3.63, 3.8) is 0 Å². The molecule has 11 heavy (non-hydrogen) atoms. The predicted octanol–water partition coefficient (Wildman–Crippen LogP) is 0.998. The van der Waals surface area contributed by atoms with Crippen molar-refractivity contribution in [3.8, 4) is 0 Å². The van der Waals surface area contributed by atoms with Crippen LogP contribution in [0.3, 0.4) is 0 Å². The van der Waals surface area contributed by atoms with Gasteiger partial charge >= 0.3 is 0 Å². The van der Waals surface area contributed by atoms with E-state index in [0.29, 0.717) is 6.04 Å². The van der Waals surface area contributed by atoms with Crippen molar-refractivity contribution in [2.24, 2.45) is 5.73 Å². The van der Waals surface area contributed by atoms with Crippen LogP contribution in [0.25, 0.3) is 0 Å². The summed E-state index contributed by atoms with van der Waals surface area (Å²) >= 11 is 2.05. The lowest BCUT2D eigenvalue weighted by molar-refractivity contribution is 0.0453. The summed E-state index contributed by atoms with van der Waals surface area (Å²) in [6, 6.07) is 0.459. The van der Waals surface area contributed by atoms with Gasteiger partial charge in [0.25, 0.3) is 0 Å². The molecule has 3 heteroatoms. The number of nitrogens with two attached hydrogens (primary N) is 1. The van der Waals surface area contributed by atoms with E-state index in [2.05, 4.69) is 11.8 Å². The van der Waals surface area contributed by atoms with Gasteiger partial charge in [-0.3, -0.25) is 0 Å². The molecule has 0 aromatic rings. The predicted molar refractivity (Wildman–Crippen MR) is 47.8 cm³/mol. The molecule has 0 amide bonds. The summed E-state index contributed by atoms with van der Waals surface area (Å²) in [5.41, 5.74) is 5.94. The lowest BCUT2D eigenvalue weighted by Gasteiger charge is -2.29. The number of ether oxygens (including phenoxy) is 1. The maximum Gasteiger partial charge on any atom is 0.0608 e. The highest BCUT2D eigenvalue weighted by atomic mass is 32.2. The van der Waals surface area contributed by atoms with Gasteiger partial charge in [0.15, 0.2) is 0 Å². The molecule has 1 heterocycles. The van der Waals surface area contributed by atoms with E-state index >= 15 is 0 Å². The van der Waals surface area contributed by atoms with E-state index in [4.69, 9.17) is 10.5 Å². The second-order valence-corrected chi connectivity index (χ2v) is 4.97. The minimum absolute atomic E-state index is 0.459. The molecule has 1 aliphatic carbocycles. The smallest absolute Gasteiger partial charge is 0.0608 e. The summed E-state index contributed by atoms with van der Waals surface area (Å²) in [5.74, 6) is 0. The van der Waals surface area contributed by atoms with Gasteiger partial charge in [-0.15, -0.1) is 11.8 Å². The van der Waals surface area contributed by atoms with Crippen LogP contribution in [0.4, 0.5) is 0 Å². The van der Waals surface area contributed by atoms with E-state index in [1.807, 2.05) is 0 Å². The SMILES string of the molecule is NC1CCCC1SC1COC1. The fourth-order valence-electron chi connectivity index (χ4n) is 1.66. The first kappa shape index (κ1) is 7.90. The molecule has 2 nitrogen and oxygen atoms in total. The Labute approximate surface area is 71.9 Å². The van der Waals surface area contributed by atoms with Gasteiger partial charge in [0.05, 0.1) is 18.5 Å². The van der Waals surface area contributed by atoms with Crippen LogP contribution in [-0.2, 0) is 4.74 Å². The molecule has 2 aliphatic rings. The molecule has 0 radical (unpaired) electrons. The maximum absolute atomic E-state index is 5.94. The third-order valence-corrected chi connectivity index (χ3v) is 4.07. The van der Waals surface area contributed by atoms with Gasteiger partial charge in [-0.1, -0.05) is 6.42 Å². The van der Waals surface area contributed by atoms with E-state index in [9.17, 15) is 0 Å². The van der Waals surface area contributed by atoms with Gasteiger partial charge in [-0.05, 0) is 12.8 Å². The fourth-order valence-corrected chi connectivity index (χ4v) is 3.15. The molecule has 64 valence electrons. The largest absolute Gasteiger partial charge is 0.379 e. The number of thioether (sulfide) groups is 1. The molecular formula is C8H15NOS. The first-order chi connectivity index (χ1) is 5.36. The summed E-state index contributed by atoms with van der Waals surface area (Å²) < 4.78 is 5.12. The molecule has 1 aliphatic heterocycles. The van der Waals surface area contributed by atoms with Crippen molar-refractivity contribution in [1.29, 1.82) is 0 Å². The summed E-state index contributed by atoms with van der Waals surface area (Å²) in [6.45, 7) is 1.90. The van der Waals surface area contributed by atoms with Crippen molar-refractivity contribution in [3.05, 3.63) is 0 Å². The molecular weight excluding hydrogens is 158 g/mol. The zero-order valence-corrected chi connectivity index (χ0v) is 7.48. The van der Waals surface area contributed by atoms with Crippen LogP contribution < -0.4 is 5.73 Å². The Balaban J connectivity index is 1.75. The molecule has 0 spiro atoms. The van der Waals surface area contributed by atoms with Crippen molar-refractivity contribution in [2.75, 3.05) is 13.2 Å². The Morgan fingerprint density at radius 3 is 2.55 bits per heavy atom. The Bertz CT molecular complexity index is 138. The van der Waals surface area contributed by atoms with E-state index < -0.39 is 0 Å². The van der Waals surface area contributed by atoms with Gasteiger partial charge in [0.1, 0.15) is 0 Å². The van der Waals surface area contributed by atoms with Crippen molar-refractivity contribution in [1.82, 2.24) is 0 Å². The molecule has 1 saturated carbocycles. The summed E-state index contributed by atoms with van der Waals surface area (Å²) in [7, 11) is 0. The Morgan fingerprint density at radius 2 is 2.09 bits per heavy atom. The monoisotopic (exact) mass is 173 g/mol. The van der Waals surface area contributed by atoms with Crippen LogP contribution in [0.2, 0.25) is 0 Å².